The summed E-state index contributed by atoms with van der Waals surface area (Å²) < 4.78 is 0. The Morgan fingerprint density at radius 3 is 2.69 bits per heavy atom. The summed E-state index contributed by atoms with van der Waals surface area (Å²) >= 11 is 0. The minimum absolute atomic E-state index is 0.834. The number of nitrogens with zero attached hydrogens (tertiary/aromatic N) is 2. The Balaban J connectivity index is 2.45. The van der Waals surface area contributed by atoms with Gasteiger partial charge in [-0.25, -0.2) is 0 Å². The van der Waals surface area contributed by atoms with E-state index >= 15 is 0 Å². The third-order valence-electron chi connectivity index (χ3n) is 3.12. The van der Waals surface area contributed by atoms with Crippen molar-refractivity contribution in [1.29, 1.82) is 0 Å². The van der Waals surface area contributed by atoms with Gasteiger partial charge < -0.3 is 10.2 Å². The molecule has 1 fully saturated rings. The fraction of sp³-hybridized carbons (Fsp3) is 0.615. The molecule has 1 N–H and O–H groups in total. The van der Waals surface area contributed by atoms with Crippen molar-refractivity contribution in [3.05, 3.63) is 24.0 Å². The summed E-state index contributed by atoms with van der Waals surface area (Å²) in [4.78, 5) is 6.18. The van der Waals surface area contributed by atoms with Crippen LogP contribution in [0.5, 0.6) is 0 Å². The van der Waals surface area contributed by atoms with Gasteiger partial charge in [0.15, 0.2) is 0 Å². The van der Waals surface area contributed by atoms with Crippen LogP contribution in [0.1, 0.15) is 19.8 Å². The maximum Gasteiger partial charge on any atom is 0.0338 e. The minimum atomic E-state index is 0.834. The normalized spacial score (nSPS) is 19.4. The minimum Gasteiger partial charge on any atom is -0.372 e. The third kappa shape index (κ3) is 3.81. The number of allylic oxidation sites excluding steroid dienone is 2. The van der Waals surface area contributed by atoms with Gasteiger partial charge in [-0.3, -0.25) is 4.99 Å². The highest BCUT2D eigenvalue weighted by Gasteiger charge is 2.18. The number of hydrogen-bond donors (Lipinski definition) is 1. The Kier molecular flexibility index (Phi) is 5.86. The van der Waals surface area contributed by atoms with Crippen molar-refractivity contribution in [3.63, 3.8) is 0 Å². The first-order chi connectivity index (χ1) is 7.81. The lowest BCUT2D eigenvalue weighted by atomic mass is 9.96. The van der Waals surface area contributed by atoms with Crippen LogP contribution < -0.4 is 5.32 Å². The molecule has 0 spiro atoms. The standard InChI is InChI=1S/C13H23N3/c1-4-13(5-8-14-2)16-9-6-12(7-10-16)11-15-3/h4-5,8,12,15H,2,6-7,9-11H2,1,3H3/b8-5-,13-4+. The Bertz CT molecular complexity index is 260. The Morgan fingerprint density at radius 2 is 2.19 bits per heavy atom. The fourth-order valence-corrected chi connectivity index (χ4v) is 2.20. The molecule has 1 aliphatic heterocycles. The molecule has 0 aromatic heterocycles. The van der Waals surface area contributed by atoms with E-state index in [0.29, 0.717) is 0 Å². The first-order valence-corrected chi connectivity index (χ1v) is 6.00. The highest BCUT2D eigenvalue weighted by atomic mass is 15.1. The number of nitrogens with one attached hydrogen (secondary N) is 1. The molecule has 0 unspecified atom stereocenters. The van der Waals surface area contributed by atoms with Gasteiger partial charge in [0.25, 0.3) is 0 Å². The first kappa shape index (κ1) is 13.0. The molecule has 90 valence electrons. The molecule has 0 radical (unpaired) electrons. The maximum absolute atomic E-state index is 3.75. The van der Waals surface area contributed by atoms with E-state index in [-0.39, 0.29) is 0 Å². The number of likely N-dealkylation sites (tertiary alicyclic amines) is 1. The van der Waals surface area contributed by atoms with Gasteiger partial charge in [-0.1, -0.05) is 6.08 Å². The van der Waals surface area contributed by atoms with Crippen molar-refractivity contribution in [2.24, 2.45) is 10.9 Å². The van der Waals surface area contributed by atoms with Crippen molar-refractivity contribution in [3.8, 4) is 0 Å². The lowest BCUT2D eigenvalue weighted by molar-refractivity contribution is 0.230. The topological polar surface area (TPSA) is 27.6 Å². The van der Waals surface area contributed by atoms with Gasteiger partial charge in [0, 0.05) is 25.0 Å². The van der Waals surface area contributed by atoms with Gasteiger partial charge in [-0.05, 0) is 52.1 Å². The predicted molar refractivity (Wildman–Crippen MR) is 70.7 cm³/mol. The summed E-state index contributed by atoms with van der Waals surface area (Å²) in [5.41, 5.74) is 1.26. The average molecular weight is 221 g/mol. The molecular weight excluding hydrogens is 198 g/mol. The summed E-state index contributed by atoms with van der Waals surface area (Å²) in [6.45, 7) is 8.96. The third-order valence-corrected chi connectivity index (χ3v) is 3.12. The number of piperidine rings is 1. The number of hydrogen-bond acceptors (Lipinski definition) is 3. The maximum atomic E-state index is 3.75. The highest BCUT2D eigenvalue weighted by molar-refractivity contribution is 5.27. The van der Waals surface area contributed by atoms with Crippen LogP contribution >= 0.6 is 0 Å². The molecule has 0 saturated carbocycles. The second-order valence-electron chi connectivity index (χ2n) is 4.20. The largest absolute Gasteiger partial charge is 0.372 e. The summed E-state index contributed by atoms with van der Waals surface area (Å²) in [6, 6.07) is 0. The summed E-state index contributed by atoms with van der Waals surface area (Å²) in [5, 5.41) is 3.26. The predicted octanol–water partition coefficient (Wildman–Crippen LogP) is 2.04. The number of aliphatic imine (C=N–C) groups is 1. The van der Waals surface area contributed by atoms with Crippen molar-refractivity contribution in [1.82, 2.24) is 10.2 Å². The van der Waals surface area contributed by atoms with Crippen LogP contribution in [-0.2, 0) is 0 Å². The van der Waals surface area contributed by atoms with Gasteiger partial charge in [0.1, 0.15) is 0 Å². The second-order valence-corrected chi connectivity index (χ2v) is 4.20. The van der Waals surface area contributed by atoms with E-state index in [9.17, 15) is 0 Å². The molecule has 1 aliphatic rings. The van der Waals surface area contributed by atoms with Crippen LogP contribution in [0.4, 0.5) is 0 Å². The molecule has 3 heteroatoms. The van der Waals surface area contributed by atoms with Gasteiger partial charge in [0.2, 0.25) is 0 Å². The van der Waals surface area contributed by atoms with E-state index in [0.717, 1.165) is 25.6 Å². The molecule has 3 nitrogen and oxygen atoms in total. The van der Waals surface area contributed by atoms with Gasteiger partial charge >= 0.3 is 0 Å². The molecule has 1 rings (SSSR count). The molecule has 16 heavy (non-hydrogen) atoms. The Morgan fingerprint density at radius 1 is 1.50 bits per heavy atom. The van der Waals surface area contributed by atoms with Crippen molar-refractivity contribution in [2.75, 3.05) is 26.7 Å². The zero-order valence-corrected chi connectivity index (χ0v) is 10.4. The molecule has 1 saturated heterocycles. The highest BCUT2D eigenvalue weighted by Crippen LogP contribution is 2.20. The smallest absolute Gasteiger partial charge is 0.0338 e. The van der Waals surface area contributed by atoms with E-state index in [4.69, 9.17) is 0 Å². The van der Waals surface area contributed by atoms with Gasteiger partial charge in [-0.15, -0.1) is 0 Å². The van der Waals surface area contributed by atoms with Crippen LogP contribution in [0.2, 0.25) is 0 Å². The van der Waals surface area contributed by atoms with Gasteiger partial charge in [0.05, 0.1) is 0 Å². The molecule has 0 aromatic rings. The fourth-order valence-electron chi connectivity index (χ4n) is 2.20. The lowest BCUT2D eigenvalue weighted by Gasteiger charge is -2.34. The molecule has 0 bridgehead atoms. The summed E-state index contributed by atoms with van der Waals surface area (Å²) in [7, 11) is 2.03. The monoisotopic (exact) mass is 221 g/mol. The Labute approximate surface area is 98.9 Å². The molecule has 1 heterocycles. The zero-order valence-electron chi connectivity index (χ0n) is 10.4. The first-order valence-electron chi connectivity index (χ1n) is 6.00. The van der Waals surface area contributed by atoms with E-state index in [1.54, 1.807) is 6.20 Å². The van der Waals surface area contributed by atoms with Crippen LogP contribution in [0, 0.1) is 5.92 Å². The summed E-state index contributed by atoms with van der Waals surface area (Å²) in [5.74, 6) is 0.834. The van der Waals surface area contributed by atoms with Crippen molar-refractivity contribution in [2.45, 2.75) is 19.8 Å². The van der Waals surface area contributed by atoms with Crippen LogP contribution in [0.3, 0.4) is 0 Å². The van der Waals surface area contributed by atoms with E-state index < -0.39 is 0 Å². The molecule has 0 aliphatic carbocycles. The van der Waals surface area contributed by atoms with Crippen molar-refractivity contribution < 1.29 is 0 Å². The SMILES string of the molecule is C=N/C=C\C(=C/C)N1CCC(CNC)CC1. The van der Waals surface area contributed by atoms with Gasteiger partial charge in [-0.2, -0.15) is 0 Å². The molecule has 0 aromatic carbocycles. The zero-order chi connectivity index (χ0) is 11.8. The number of rotatable bonds is 5. The molecule has 0 amide bonds. The second kappa shape index (κ2) is 7.23. The molecular formula is C13H23N3. The van der Waals surface area contributed by atoms with Crippen LogP contribution in [0.15, 0.2) is 29.0 Å². The van der Waals surface area contributed by atoms with E-state index in [2.05, 4.69) is 34.9 Å². The lowest BCUT2D eigenvalue weighted by Crippen LogP contribution is -2.35. The van der Waals surface area contributed by atoms with E-state index in [1.807, 2.05) is 13.1 Å². The van der Waals surface area contributed by atoms with Crippen LogP contribution in [-0.4, -0.2) is 38.3 Å². The Hall–Kier alpha value is -1.09. The molecule has 0 atom stereocenters. The van der Waals surface area contributed by atoms with Crippen LogP contribution in [0.25, 0.3) is 0 Å². The quantitative estimate of drug-likeness (QED) is 0.568. The average Bonchev–Trinajstić information content (AvgIpc) is 2.32. The summed E-state index contributed by atoms with van der Waals surface area (Å²) in [6.07, 6.45) is 8.47. The van der Waals surface area contributed by atoms with E-state index in [1.165, 1.54) is 18.5 Å². The van der Waals surface area contributed by atoms with Crippen molar-refractivity contribution >= 4 is 6.72 Å².